The summed E-state index contributed by atoms with van der Waals surface area (Å²) in [5, 5.41) is 17.3. The molecule has 11 heteroatoms. The number of hydrogen-bond donors (Lipinski definition) is 2. The van der Waals surface area contributed by atoms with Crippen LogP contribution in [0.1, 0.15) is 37.0 Å². The van der Waals surface area contributed by atoms with E-state index in [9.17, 15) is 9.59 Å². The topological polar surface area (TPSA) is 111 Å². The first-order valence-electron chi connectivity index (χ1n) is 10.1. The van der Waals surface area contributed by atoms with Gasteiger partial charge < -0.3 is 19.9 Å². The fraction of sp³-hybridized carbons (Fsp3) is 0.381. The van der Waals surface area contributed by atoms with Gasteiger partial charge in [-0.1, -0.05) is 23.9 Å². The molecule has 1 aromatic carbocycles. The van der Waals surface area contributed by atoms with Gasteiger partial charge in [0.05, 0.1) is 31.0 Å². The number of carbonyl (C=O) groups is 2. The van der Waals surface area contributed by atoms with E-state index in [1.54, 1.807) is 7.11 Å². The summed E-state index contributed by atoms with van der Waals surface area (Å²) in [6, 6.07) is 7.06. The molecule has 2 heterocycles. The molecule has 0 radical (unpaired) electrons. The maximum atomic E-state index is 12.5. The number of nitrogens with zero attached hydrogens (tertiary/aromatic N) is 4. The SMILES string of the molecule is CCn1c(SCC(=O)Nc2nc(C)cs2)nnc1C(C)NC(=O)Cc1ccc(OC)cc1. The van der Waals surface area contributed by atoms with E-state index in [0.717, 1.165) is 17.0 Å². The van der Waals surface area contributed by atoms with Crippen molar-refractivity contribution in [3.63, 3.8) is 0 Å². The number of aryl methyl sites for hydroxylation is 1. The Morgan fingerprint density at radius 2 is 1.97 bits per heavy atom. The van der Waals surface area contributed by atoms with Crippen LogP contribution in [0.15, 0.2) is 34.8 Å². The maximum Gasteiger partial charge on any atom is 0.236 e. The van der Waals surface area contributed by atoms with Gasteiger partial charge in [-0.3, -0.25) is 9.59 Å². The van der Waals surface area contributed by atoms with Crippen LogP contribution in [0, 0.1) is 6.92 Å². The third-order valence-corrected chi connectivity index (χ3v) is 6.39. The quantitative estimate of drug-likeness (QED) is 0.434. The molecular formula is C21H26N6O3S2. The van der Waals surface area contributed by atoms with Gasteiger partial charge in [-0.2, -0.15) is 0 Å². The lowest BCUT2D eigenvalue weighted by Gasteiger charge is -2.15. The molecule has 2 N–H and O–H groups in total. The third-order valence-electron chi connectivity index (χ3n) is 4.55. The van der Waals surface area contributed by atoms with Gasteiger partial charge >= 0.3 is 0 Å². The van der Waals surface area contributed by atoms with Crippen LogP contribution >= 0.6 is 23.1 Å². The number of rotatable bonds is 10. The summed E-state index contributed by atoms with van der Waals surface area (Å²) in [6.45, 7) is 6.34. The average molecular weight is 475 g/mol. The van der Waals surface area contributed by atoms with Gasteiger partial charge in [0.25, 0.3) is 0 Å². The lowest BCUT2D eigenvalue weighted by Crippen LogP contribution is -2.30. The minimum absolute atomic E-state index is 0.111. The Bertz CT molecular complexity index is 1060. The number of ether oxygens (including phenoxy) is 1. The van der Waals surface area contributed by atoms with Gasteiger partial charge in [-0.05, 0) is 38.5 Å². The summed E-state index contributed by atoms with van der Waals surface area (Å²) in [5.41, 5.74) is 1.77. The van der Waals surface area contributed by atoms with Crippen molar-refractivity contribution in [2.75, 3.05) is 18.2 Å². The number of aromatic nitrogens is 4. The molecular weight excluding hydrogens is 448 g/mol. The molecule has 170 valence electrons. The van der Waals surface area contributed by atoms with Crippen molar-refractivity contribution in [3.8, 4) is 5.75 Å². The summed E-state index contributed by atoms with van der Waals surface area (Å²) in [6.07, 6.45) is 0.257. The maximum absolute atomic E-state index is 12.5. The zero-order valence-corrected chi connectivity index (χ0v) is 20.0. The first-order chi connectivity index (χ1) is 15.4. The molecule has 0 bridgehead atoms. The number of amides is 2. The Balaban J connectivity index is 1.56. The average Bonchev–Trinajstić information content (AvgIpc) is 3.38. The summed E-state index contributed by atoms with van der Waals surface area (Å²) < 4.78 is 7.05. The normalized spacial score (nSPS) is 11.8. The number of methoxy groups -OCH3 is 1. The number of hydrogen-bond acceptors (Lipinski definition) is 8. The highest BCUT2D eigenvalue weighted by molar-refractivity contribution is 7.99. The second-order valence-corrected chi connectivity index (χ2v) is 8.83. The van der Waals surface area contributed by atoms with E-state index in [2.05, 4.69) is 25.8 Å². The van der Waals surface area contributed by atoms with Crippen LogP contribution in [0.3, 0.4) is 0 Å². The number of nitrogens with one attached hydrogen (secondary N) is 2. The molecule has 1 unspecified atom stereocenters. The molecule has 0 aliphatic carbocycles. The summed E-state index contributed by atoms with van der Waals surface area (Å²) >= 11 is 2.69. The van der Waals surface area contributed by atoms with Crippen molar-refractivity contribution in [3.05, 3.63) is 46.7 Å². The Kier molecular flexibility index (Phi) is 8.23. The molecule has 3 aromatic rings. The van der Waals surface area contributed by atoms with Gasteiger partial charge in [0.2, 0.25) is 11.8 Å². The zero-order valence-electron chi connectivity index (χ0n) is 18.4. The highest BCUT2D eigenvalue weighted by Gasteiger charge is 2.20. The van der Waals surface area contributed by atoms with E-state index >= 15 is 0 Å². The molecule has 0 saturated carbocycles. The summed E-state index contributed by atoms with van der Waals surface area (Å²) in [7, 11) is 1.61. The van der Waals surface area contributed by atoms with Crippen molar-refractivity contribution < 1.29 is 14.3 Å². The van der Waals surface area contributed by atoms with Gasteiger partial charge in [0, 0.05) is 11.9 Å². The highest BCUT2D eigenvalue weighted by atomic mass is 32.2. The Hall–Kier alpha value is -2.92. The number of thiazole rings is 1. The molecule has 0 fully saturated rings. The van der Waals surface area contributed by atoms with Gasteiger partial charge in [0.15, 0.2) is 16.1 Å². The molecule has 1 atom stereocenters. The van der Waals surface area contributed by atoms with E-state index in [1.165, 1.54) is 23.1 Å². The van der Waals surface area contributed by atoms with E-state index in [-0.39, 0.29) is 30.0 Å². The van der Waals surface area contributed by atoms with E-state index in [4.69, 9.17) is 4.74 Å². The van der Waals surface area contributed by atoms with Crippen LogP contribution in [0.25, 0.3) is 0 Å². The molecule has 9 nitrogen and oxygen atoms in total. The largest absolute Gasteiger partial charge is 0.497 e. The van der Waals surface area contributed by atoms with E-state index in [0.29, 0.717) is 22.7 Å². The lowest BCUT2D eigenvalue weighted by atomic mass is 10.1. The van der Waals surface area contributed by atoms with Crippen LogP contribution in [0.4, 0.5) is 5.13 Å². The van der Waals surface area contributed by atoms with Crippen molar-refractivity contribution in [2.24, 2.45) is 0 Å². The van der Waals surface area contributed by atoms with Crippen molar-refractivity contribution in [2.45, 2.75) is 44.9 Å². The fourth-order valence-corrected chi connectivity index (χ4v) is 4.52. The predicted octanol–water partition coefficient (Wildman–Crippen LogP) is 3.22. The fourth-order valence-electron chi connectivity index (χ4n) is 3.01. The van der Waals surface area contributed by atoms with Crippen LogP contribution in [-0.2, 0) is 22.6 Å². The monoisotopic (exact) mass is 474 g/mol. The van der Waals surface area contributed by atoms with Gasteiger partial charge in [0.1, 0.15) is 5.75 Å². The molecule has 0 aliphatic rings. The second-order valence-electron chi connectivity index (χ2n) is 7.03. The predicted molar refractivity (Wildman–Crippen MR) is 125 cm³/mol. The molecule has 0 aliphatic heterocycles. The minimum Gasteiger partial charge on any atom is -0.497 e. The van der Waals surface area contributed by atoms with Crippen LogP contribution in [-0.4, -0.2) is 44.4 Å². The minimum atomic E-state index is -0.324. The first-order valence-corrected chi connectivity index (χ1v) is 12.0. The molecule has 2 amide bonds. The molecule has 3 rings (SSSR count). The Morgan fingerprint density at radius 1 is 1.22 bits per heavy atom. The van der Waals surface area contributed by atoms with Crippen molar-refractivity contribution in [1.29, 1.82) is 0 Å². The van der Waals surface area contributed by atoms with Crippen LogP contribution in [0.2, 0.25) is 0 Å². The van der Waals surface area contributed by atoms with Crippen LogP contribution in [0.5, 0.6) is 5.75 Å². The summed E-state index contributed by atoms with van der Waals surface area (Å²) in [5.74, 6) is 1.32. The number of benzene rings is 1. The van der Waals surface area contributed by atoms with E-state index in [1.807, 2.05) is 55.0 Å². The van der Waals surface area contributed by atoms with E-state index < -0.39 is 0 Å². The second kappa shape index (κ2) is 11.1. The smallest absolute Gasteiger partial charge is 0.236 e. The number of anilines is 1. The van der Waals surface area contributed by atoms with Crippen LogP contribution < -0.4 is 15.4 Å². The molecule has 0 saturated heterocycles. The van der Waals surface area contributed by atoms with Gasteiger partial charge in [-0.15, -0.1) is 21.5 Å². The zero-order chi connectivity index (χ0) is 23.1. The number of carbonyl (C=O) groups excluding carboxylic acids is 2. The highest BCUT2D eigenvalue weighted by Crippen LogP contribution is 2.22. The number of thioether (sulfide) groups is 1. The summed E-state index contributed by atoms with van der Waals surface area (Å²) in [4.78, 5) is 28.9. The molecule has 0 spiro atoms. The Labute approximate surface area is 195 Å². The first kappa shape index (κ1) is 23.7. The van der Waals surface area contributed by atoms with Gasteiger partial charge in [-0.25, -0.2) is 4.98 Å². The Morgan fingerprint density at radius 3 is 2.59 bits per heavy atom. The lowest BCUT2D eigenvalue weighted by molar-refractivity contribution is -0.121. The van der Waals surface area contributed by atoms with Crippen molar-refractivity contribution in [1.82, 2.24) is 25.1 Å². The molecule has 32 heavy (non-hydrogen) atoms. The third kappa shape index (κ3) is 6.30. The van der Waals surface area contributed by atoms with Crippen molar-refractivity contribution >= 4 is 40.0 Å². The molecule has 2 aromatic heterocycles. The standard InChI is InChI=1S/C21H26N6O3S2/c1-5-27-19(14(3)23-17(28)10-15-6-8-16(30-4)9-7-15)25-26-21(27)32-12-18(29)24-20-22-13(2)11-31-20/h6-9,11,14H,5,10,12H2,1-4H3,(H,23,28)(H,22,24,29).